The summed E-state index contributed by atoms with van der Waals surface area (Å²) in [4.78, 5) is 4.06. The van der Waals surface area contributed by atoms with Crippen LogP contribution in [0, 0.1) is 6.92 Å². The normalized spacial score (nSPS) is 12.6. The fourth-order valence-electron chi connectivity index (χ4n) is 1.64. The highest BCUT2D eigenvalue weighted by Crippen LogP contribution is 2.22. The highest BCUT2D eigenvalue weighted by atomic mass is 35.5. The Bertz CT molecular complexity index is 583. The van der Waals surface area contributed by atoms with Crippen LogP contribution in [0.15, 0.2) is 27.9 Å². The van der Waals surface area contributed by atoms with Gasteiger partial charge in [0.1, 0.15) is 10.8 Å². The van der Waals surface area contributed by atoms with E-state index in [9.17, 15) is 4.21 Å². The number of hydrogen-bond donors (Lipinski definition) is 0. The molecule has 0 spiro atoms. The van der Waals surface area contributed by atoms with Crippen molar-refractivity contribution in [2.45, 2.75) is 31.0 Å². The summed E-state index contributed by atoms with van der Waals surface area (Å²) in [6.07, 6.45) is 2.31. The predicted molar refractivity (Wildman–Crippen MR) is 70.0 cm³/mol. The lowest BCUT2D eigenvalue weighted by Gasteiger charge is -2.03. The lowest BCUT2D eigenvalue weighted by atomic mass is 10.2. The number of aryl methyl sites for hydroxylation is 2. The van der Waals surface area contributed by atoms with Gasteiger partial charge in [-0.25, -0.2) is 4.98 Å². The predicted octanol–water partition coefficient (Wildman–Crippen LogP) is 2.90. The summed E-state index contributed by atoms with van der Waals surface area (Å²) in [7, 11) is -1.29. The minimum atomic E-state index is -1.29. The van der Waals surface area contributed by atoms with Gasteiger partial charge in [0.2, 0.25) is 0 Å². The second-order valence-electron chi connectivity index (χ2n) is 3.80. The van der Waals surface area contributed by atoms with Gasteiger partial charge in [0.15, 0.2) is 0 Å². The van der Waals surface area contributed by atoms with Crippen molar-refractivity contribution in [2.75, 3.05) is 0 Å². The molecule has 0 saturated carbocycles. The zero-order chi connectivity index (χ0) is 13.1. The van der Waals surface area contributed by atoms with Gasteiger partial charge in [0.05, 0.1) is 27.3 Å². The van der Waals surface area contributed by atoms with E-state index < -0.39 is 10.8 Å². The van der Waals surface area contributed by atoms with E-state index in [0.29, 0.717) is 15.8 Å². The Balaban J connectivity index is 2.27. The minimum Gasteiger partial charge on any atom is -0.361 e. The smallest absolute Gasteiger partial charge is 0.146 e. The van der Waals surface area contributed by atoms with E-state index in [2.05, 4.69) is 10.1 Å². The van der Waals surface area contributed by atoms with E-state index in [-0.39, 0.29) is 0 Å². The average Bonchev–Trinajstić information content (AvgIpc) is 2.71. The van der Waals surface area contributed by atoms with Gasteiger partial charge in [-0.2, -0.15) is 0 Å². The molecule has 0 saturated heterocycles. The van der Waals surface area contributed by atoms with Crippen molar-refractivity contribution in [3.63, 3.8) is 0 Å². The molecule has 6 heteroatoms. The van der Waals surface area contributed by atoms with Crippen molar-refractivity contribution in [1.29, 1.82) is 0 Å². The number of aromatic nitrogens is 2. The van der Waals surface area contributed by atoms with Crippen LogP contribution in [0.4, 0.5) is 0 Å². The summed E-state index contributed by atoms with van der Waals surface area (Å²) >= 11 is 5.98. The maximum atomic E-state index is 12.2. The van der Waals surface area contributed by atoms with E-state index in [1.54, 1.807) is 18.3 Å². The molecule has 2 heterocycles. The topological polar surface area (TPSA) is 56.0 Å². The second-order valence-corrected chi connectivity index (χ2v) is 5.58. The SMILES string of the molecule is CCc1onc(C)c1CS(=O)c1ncccc1Cl. The molecule has 18 heavy (non-hydrogen) atoms. The van der Waals surface area contributed by atoms with Gasteiger partial charge in [-0.15, -0.1) is 0 Å². The fourth-order valence-corrected chi connectivity index (χ4v) is 3.25. The lowest BCUT2D eigenvalue weighted by molar-refractivity contribution is 0.382. The van der Waals surface area contributed by atoms with Crippen LogP contribution < -0.4 is 0 Å². The minimum absolute atomic E-state index is 0.329. The first-order valence-electron chi connectivity index (χ1n) is 5.56. The summed E-state index contributed by atoms with van der Waals surface area (Å²) in [5.74, 6) is 1.10. The Morgan fingerprint density at radius 2 is 2.28 bits per heavy atom. The van der Waals surface area contributed by atoms with E-state index in [1.807, 2.05) is 13.8 Å². The van der Waals surface area contributed by atoms with Gasteiger partial charge in [0.25, 0.3) is 0 Å². The fraction of sp³-hybridized carbons (Fsp3) is 0.333. The van der Waals surface area contributed by atoms with Crippen molar-refractivity contribution in [3.05, 3.63) is 40.4 Å². The van der Waals surface area contributed by atoms with Gasteiger partial charge < -0.3 is 4.52 Å². The summed E-state index contributed by atoms with van der Waals surface area (Å²) < 4.78 is 17.4. The molecular formula is C12H13ClN2O2S. The molecule has 2 aromatic heterocycles. The van der Waals surface area contributed by atoms with Crippen LogP contribution in [0.2, 0.25) is 5.02 Å². The molecule has 1 atom stereocenters. The molecule has 1 unspecified atom stereocenters. The maximum Gasteiger partial charge on any atom is 0.146 e. The maximum absolute atomic E-state index is 12.2. The van der Waals surface area contributed by atoms with Crippen LogP contribution in [-0.2, 0) is 23.0 Å². The third-order valence-electron chi connectivity index (χ3n) is 2.60. The molecule has 0 aliphatic heterocycles. The third-order valence-corrected chi connectivity index (χ3v) is 4.33. The van der Waals surface area contributed by atoms with Crippen molar-refractivity contribution >= 4 is 22.4 Å². The number of rotatable bonds is 4. The van der Waals surface area contributed by atoms with Crippen LogP contribution in [0.25, 0.3) is 0 Å². The zero-order valence-electron chi connectivity index (χ0n) is 10.1. The molecule has 0 radical (unpaired) electrons. The summed E-state index contributed by atoms with van der Waals surface area (Å²) in [5.41, 5.74) is 1.66. The molecule has 0 aliphatic carbocycles. The van der Waals surface area contributed by atoms with E-state index >= 15 is 0 Å². The summed E-state index contributed by atoms with van der Waals surface area (Å²) in [6.45, 7) is 3.81. The average molecular weight is 285 g/mol. The number of pyridine rings is 1. The van der Waals surface area contributed by atoms with E-state index in [1.165, 1.54) is 0 Å². The van der Waals surface area contributed by atoms with Gasteiger partial charge in [-0.3, -0.25) is 4.21 Å². The Hall–Kier alpha value is -1.20. The van der Waals surface area contributed by atoms with Crippen LogP contribution in [0.3, 0.4) is 0 Å². The Morgan fingerprint density at radius 1 is 1.50 bits per heavy atom. The van der Waals surface area contributed by atoms with Crippen molar-refractivity contribution in [3.8, 4) is 0 Å². The molecule has 0 amide bonds. The largest absolute Gasteiger partial charge is 0.361 e. The molecule has 96 valence electrons. The standard InChI is InChI=1S/C12H13ClN2O2S/c1-3-11-9(8(2)15-17-11)7-18(16)12-10(13)5-4-6-14-12/h4-6H,3,7H2,1-2H3. The molecule has 2 rings (SSSR count). The third kappa shape index (κ3) is 2.62. The highest BCUT2D eigenvalue weighted by molar-refractivity contribution is 7.84. The van der Waals surface area contributed by atoms with Gasteiger partial charge in [-0.1, -0.05) is 23.7 Å². The molecule has 4 nitrogen and oxygen atoms in total. The molecule has 0 N–H and O–H groups in total. The van der Waals surface area contributed by atoms with Crippen LogP contribution in [-0.4, -0.2) is 14.3 Å². The van der Waals surface area contributed by atoms with Crippen LogP contribution >= 0.6 is 11.6 Å². The Labute approximate surface area is 113 Å². The van der Waals surface area contributed by atoms with Gasteiger partial charge in [-0.05, 0) is 19.1 Å². The lowest BCUT2D eigenvalue weighted by Crippen LogP contribution is -2.02. The number of halogens is 1. The molecular weight excluding hydrogens is 272 g/mol. The van der Waals surface area contributed by atoms with Crippen molar-refractivity contribution in [1.82, 2.24) is 10.1 Å². The Kier molecular flexibility index (Phi) is 4.14. The highest BCUT2D eigenvalue weighted by Gasteiger charge is 2.17. The van der Waals surface area contributed by atoms with Crippen molar-refractivity contribution in [2.24, 2.45) is 0 Å². The molecule has 0 bridgehead atoms. The Morgan fingerprint density at radius 3 is 2.94 bits per heavy atom. The molecule has 0 aromatic carbocycles. The quantitative estimate of drug-likeness (QED) is 0.866. The molecule has 0 aliphatic rings. The first-order chi connectivity index (χ1) is 8.63. The molecule has 0 fully saturated rings. The first-order valence-corrected chi connectivity index (χ1v) is 7.26. The van der Waals surface area contributed by atoms with E-state index in [0.717, 1.165) is 23.4 Å². The monoisotopic (exact) mass is 284 g/mol. The number of nitrogens with zero attached hydrogens (tertiary/aromatic N) is 2. The van der Waals surface area contributed by atoms with Gasteiger partial charge in [0, 0.05) is 18.2 Å². The summed E-state index contributed by atoms with van der Waals surface area (Å²) in [6, 6.07) is 3.40. The van der Waals surface area contributed by atoms with Crippen molar-refractivity contribution < 1.29 is 8.73 Å². The number of hydrogen-bond acceptors (Lipinski definition) is 4. The van der Waals surface area contributed by atoms with Gasteiger partial charge >= 0.3 is 0 Å². The molecule has 2 aromatic rings. The van der Waals surface area contributed by atoms with E-state index in [4.69, 9.17) is 16.1 Å². The zero-order valence-corrected chi connectivity index (χ0v) is 11.7. The van der Waals surface area contributed by atoms with Crippen LogP contribution in [0.1, 0.15) is 23.9 Å². The summed E-state index contributed by atoms with van der Waals surface area (Å²) in [5, 5.41) is 4.72. The van der Waals surface area contributed by atoms with Crippen LogP contribution in [0.5, 0.6) is 0 Å². The first kappa shape index (κ1) is 13.2. The second kappa shape index (κ2) is 5.63.